The van der Waals surface area contributed by atoms with Gasteiger partial charge in [-0.05, 0) is 12.8 Å². The third-order valence-electron chi connectivity index (χ3n) is 2.52. The molecule has 1 aliphatic carbocycles. The molecule has 2 amide bonds. The predicted octanol–water partition coefficient (Wildman–Crippen LogP) is 1.00. The van der Waals surface area contributed by atoms with E-state index in [0.29, 0.717) is 12.3 Å². The van der Waals surface area contributed by atoms with Crippen molar-refractivity contribution in [3.05, 3.63) is 0 Å². The Hall–Kier alpha value is -1.35. The number of hydrogen-bond donors (Lipinski definition) is 2. The summed E-state index contributed by atoms with van der Waals surface area (Å²) in [7, 11) is 0. The topological polar surface area (TPSA) is 69.6 Å². The highest BCUT2D eigenvalue weighted by Gasteiger charge is 2.32. The van der Waals surface area contributed by atoms with E-state index in [1.807, 2.05) is 0 Å². The van der Waals surface area contributed by atoms with E-state index in [2.05, 4.69) is 11.2 Å². The van der Waals surface area contributed by atoms with Crippen molar-refractivity contribution in [1.29, 1.82) is 0 Å². The van der Waals surface area contributed by atoms with Crippen molar-refractivity contribution in [2.75, 3.05) is 24.6 Å². The van der Waals surface area contributed by atoms with E-state index < -0.39 is 5.97 Å². The number of aliphatic carboxylic acids is 1. The summed E-state index contributed by atoms with van der Waals surface area (Å²) in [6.45, 7) is 0.838. The maximum absolute atomic E-state index is 11.8. The average molecular weight is 270 g/mol. The highest BCUT2D eigenvalue weighted by atomic mass is 32.2. The van der Waals surface area contributed by atoms with Gasteiger partial charge in [0.15, 0.2) is 0 Å². The number of terminal acetylenes is 1. The van der Waals surface area contributed by atoms with E-state index in [9.17, 15) is 9.59 Å². The molecule has 0 spiro atoms. The Bertz CT molecular complexity index is 337. The molecule has 0 radical (unpaired) electrons. The first-order chi connectivity index (χ1) is 8.65. The monoisotopic (exact) mass is 270 g/mol. The predicted molar refractivity (Wildman–Crippen MR) is 71.5 cm³/mol. The first-order valence-corrected chi connectivity index (χ1v) is 7.08. The minimum absolute atomic E-state index is 0.00420. The molecule has 1 saturated carbocycles. The number of nitrogens with zero attached hydrogens (tertiary/aromatic N) is 1. The summed E-state index contributed by atoms with van der Waals surface area (Å²) >= 11 is 1.59. The molecule has 2 N–H and O–H groups in total. The number of carboxylic acid groups (broad SMARTS) is 1. The molecule has 0 unspecified atom stereocenters. The maximum Gasteiger partial charge on any atom is 0.317 e. The molecule has 5 nitrogen and oxygen atoms in total. The van der Waals surface area contributed by atoms with Gasteiger partial charge in [-0.1, -0.05) is 5.92 Å². The van der Waals surface area contributed by atoms with Gasteiger partial charge in [-0.2, -0.15) is 0 Å². The summed E-state index contributed by atoms with van der Waals surface area (Å²) in [4.78, 5) is 24.0. The zero-order valence-corrected chi connectivity index (χ0v) is 11.0. The number of nitrogens with one attached hydrogen (secondary N) is 1. The second-order valence-corrected chi connectivity index (χ2v) is 5.16. The Morgan fingerprint density at radius 3 is 2.78 bits per heavy atom. The minimum Gasteiger partial charge on any atom is -0.481 e. The molecule has 0 atom stereocenters. The molecule has 0 saturated heterocycles. The quantitative estimate of drug-likeness (QED) is 0.510. The van der Waals surface area contributed by atoms with E-state index in [-0.39, 0.29) is 25.0 Å². The van der Waals surface area contributed by atoms with Crippen molar-refractivity contribution in [3.8, 4) is 12.3 Å². The maximum atomic E-state index is 11.8. The highest BCUT2D eigenvalue weighted by molar-refractivity contribution is 7.99. The number of urea groups is 1. The van der Waals surface area contributed by atoms with E-state index >= 15 is 0 Å². The van der Waals surface area contributed by atoms with Crippen LogP contribution in [0.25, 0.3) is 0 Å². The van der Waals surface area contributed by atoms with Gasteiger partial charge in [0.05, 0.1) is 12.2 Å². The molecule has 0 aliphatic heterocycles. The summed E-state index contributed by atoms with van der Waals surface area (Å²) in [6, 6.07) is 0.0581. The van der Waals surface area contributed by atoms with Crippen LogP contribution in [0, 0.1) is 12.3 Å². The summed E-state index contributed by atoms with van der Waals surface area (Å²) in [5, 5.41) is 11.4. The van der Waals surface area contributed by atoms with Gasteiger partial charge in [-0.15, -0.1) is 18.2 Å². The molecule has 0 aromatic rings. The summed E-state index contributed by atoms with van der Waals surface area (Å²) in [6.07, 6.45) is 7.05. The normalized spacial score (nSPS) is 13.7. The van der Waals surface area contributed by atoms with Crippen LogP contribution in [0.3, 0.4) is 0 Å². The fraction of sp³-hybridized carbons (Fsp3) is 0.667. The number of thioether (sulfide) groups is 1. The van der Waals surface area contributed by atoms with Gasteiger partial charge in [0.25, 0.3) is 0 Å². The molecule has 0 heterocycles. The summed E-state index contributed by atoms with van der Waals surface area (Å²) in [5.74, 6) is 3.05. The molecule has 0 aromatic heterocycles. The van der Waals surface area contributed by atoms with E-state index in [1.54, 1.807) is 16.7 Å². The van der Waals surface area contributed by atoms with Crippen LogP contribution in [0.1, 0.15) is 19.3 Å². The zero-order valence-electron chi connectivity index (χ0n) is 10.2. The fourth-order valence-corrected chi connectivity index (χ4v) is 2.02. The molecule has 100 valence electrons. The number of carboxylic acids is 1. The average Bonchev–Trinajstić information content (AvgIpc) is 3.13. The van der Waals surface area contributed by atoms with Crippen molar-refractivity contribution in [2.45, 2.75) is 25.3 Å². The minimum atomic E-state index is -0.877. The molecular weight excluding hydrogens is 252 g/mol. The van der Waals surface area contributed by atoms with Crippen LogP contribution in [0.2, 0.25) is 0 Å². The Labute approximate surface area is 111 Å². The van der Waals surface area contributed by atoms with Crippen LogP contribution >= 0.6 is 11.8 Å². The van der Waals surface area contributed by atoms with Crippen LogP contribution in [-0.2, 0) is 4.79 Å². The van der Waals surface area contributed by atoms with Crippen molar-refractivity contribution in [2.24, 2.45) is 0 Å². The second kappa shape index (κ2) is 7.88. The molecular formula is C12H18N2O3S. The molecule has 1 fully saturated rings. The van der Waals surface area contributed by atoms with Gasteiger partial charge >= 0.3 is 12.0 Å². The molecule has 0 aromatic carbocycles. The van der Waals surface area contributed by atoms with Gasteiger partial charge in [0.1, 0.15) is 0 Å². The Balaban J connectivity index is 2.22. The fourth-order valence-electron chi connectivity index (χ4n) is 1.52. The first-order valence-electron chi connectivity index (χ1n) is 5.92. The van der Waals surface area contributed by atoms with Crippen molar-refractivity contribution < 1.29 is 14.7 Å². The molecule has 6 heteroatoms. The van der Waals surface area contributed by atoms with Gasteiger partial charge in [-0.25, -0.2) is 4.79 Å². The molecule has 0 bridgehead atoms. The summed E-state index contributed by atoms with van der Waals surface area (Å²) in [5.41, 5.74) is 0. The number of carbonyl (C=O) groups is 2. The Kier molecular flexibility index (Phi) is 6.44. The van der Waals surface area contributed by atoms with Crippen LogP contribution in [0.5, 0.6) is 0 Å². The van der Waals surface area contributed by atoms with Crippen molar-refractivity contribution in [3.63, 3.8) is 0 Å². The van der Waals surface area contributed by atoms with Crippen molar-refractivity contribution in [1.82, 2.24) is 10.2 Å². The smallest absolute Gasteiger partial charge is 0.317 e. The molecule has 1 rings (SSSR count). The van der Waals surface area contributed by atoms with Gasteiger partial charge in [0.2, 0.25) is 0 Å². The largest absolute Gasteiger partial charge is 0.481 e. The molecule has 1 aliphatic rings. The second-order valence-electron chi connectivity index (χ2n) is 4.06. The lowest BCUT2D eigenvalue weighted by atomic mass is 10.4. The Morgan fingerprint density at radius 1 is 1.50 bits per heavy atom. The standard InChI is InChI=1S/C12H18N2O3S/c1-2-8-18-9-6-13-12(17)14(10-3-4-10)7-5-11(15)16/h1,10H,3-9H2,(H,13,17)(H,15,16). The lowest BCUT2D eigenvalue weighted by Gasteiger charge is -2.21. The van der Waals surface area contributed by atoms with Crippen LogP contribution in [0.15, 0.2) is 0 Å². The van der Waals surface area contributed by atoms with E-state index in [1.165, 1.54) is 0 Å². The van der Waals surface area contributed by atoms with E-state index in [4.69, 9.17) is 11.5 Å². The number of hydrogen-bond acceptors (Lipinski definition) is 3. The Morgan fingerprint density at radius 2 is 2.22 bits per heavy atom. The van der Waals surface area contributed by atoms with Crippen LogP contribution < -0.4 is 5.32 Å². The first kappa shape index (κ1) is 14.7. The zero-order chi connectivity index (χ0) is 13.4. The highest BCUT2D eigenvalue weighted by Crippen LogP contribution is 2.26. The number of carbonyl (C=O) groups excluding carboxylic acids is 1. The third kappa shape index (κ3) is 5.82. The van der Waals surface area contributed by atoms with Gasteiger partial charge in [0, 0.05) is 24.9 Å². The lowest BCUT2D eigenvalue weighted by molar-refractivity contribution is -0.137. The molecule has 18 heavy (non-hydrogen) atoms. The number of amides is 2. The van der Waals surface area contributed by atoms with Crippen LogP contribution in [-0.4, -0.2) is 52.6 Å². The summed E-state index contributed by atoms with van der Waals surface area (Å²) < 4.78 is 0. The third-order valence-corrected chi connectivity index (χ3v) is 3.39. The van der Waals surface area contributed by atoms with Crippen molar-refractivity contribution >= 4 is 23.8 Å². The van der Waals surface area contributed by atoms with Crippen LogP contribution in [0.4, 0.5) is 4.79 Å². The number of rotatable bonds is 8. The lowest BCUT2D eigenvalue weighted by Crippen LogP contribution is -2.43. The van der Waals surface area contributed by atoms with E-state index in [0.717, 1.165) is 18.6 Å². The SMILES string of the molecule is C#CCSCCNC(=O)N(CCC(=O)O)C1CC1. The van der Waals surface area contributed by atoms with Gasteiger partial charge < -0.3 is 15.3 Å². The van der Waals surface area contributed by atoms with Gasteiger partial charge in [-0.3, -0.25) is 4.79 Å².